The maximum atomic E-state index is 13.4. The molecule has 2 N–H and O–H groups in total. The van der Waals surface area contributed by atoms with E-state index in [0.717, 1.165) is 20.3 Å². The van der Waals surface area contributed by atoms with Crippen molar-refractivity contribution in [3.63, 3.8) is 0 Å². The Bertz CT molecular complexity index is 780. The maximum Gasteiger partial charge on any atom is 0.205 e. The minimum absolute atomic E-state index is 0.221. The molecule has 2 aromatic carbocycles. The standard InChI is InChI=1S/C14H11FIN3/c1-8-6-10(3-4-11(8)15)19-13-5-2-9(16)7-12(13)18-14(19)17/h2-7H,1H3,(H2,17,18). The number of nitrogen functional groups attached to an aromatic ring is 1. The summed E-state index contributed by atoms with van der Waals surface area (Å²) in [6.45, 7) is 1.73. The Kier molecular flexibility index (Phi) is 2.93. The highest BCUT2D eigenvalue weighted by Gasteiger charge is 2.11. The van der Waals surface area contributed by atoms with Crippen LogP contribution in [0.5, 0.6) is 0 Å². The zero-order valence-electron chi connectivity index (χ0n) is 10.2. The minimum atomic E-state index is -0.221. The lowest BCUT2D eigenvalue weighted by atomic mass is 10.2. The number of halogens is 2. The Morgan fingerprint density at radius 2 is 2.00 bits per heavy atom. The summed E-state index contributed by atoms with van der Waals surface area (Å²) in [6, 6.07) is 10.9. The minimum Gasteiger partial charge on any atom is -0.369 e. The molecule has 1 aromatic heterocycles. The molecule has 0 saturated heterocycles. The highest BCUT2D eigenvalue weighted by atomic mass is 127. The molecule has 0 saturated carbocycles. The van der Waals surface area contributed by atoms with Crippen molar-refractivity contribution in [1.82, 2.24) is 9.55 Å². The van der Waals surface area contributed by atoms with Crippen LogP contribution in [0.25, 0.3) is 16.7 Å². The molecule has 3 nitrogen and oxygen atoms in total. The molecule has 3 rings (SSSR count). The van der Waals surface area contributed by atoms with Crippen LogP contribution in [0.4, 0.5) is 10.3 Å². The molecule has 1 heterocycles. The third kappa shape index (κ3) is 2.07. The van der Waals surface area contributed by atoms with Gasteiger partial charge < -0.3 is 5.73 Å². The average Bonchev–Trinajstić information content (AvgIpc) is 2.68. The largest absolute Gasteiger partial charge is 0.369 e. The van der Waals surface area contributed by atoms with Gasteiger partial charge in [-0.25, -0.2) is 9.37 Å². The first-order valence-electron chi connectivity index (χ1n) is 5.76. The van der Waals surface area contributed by atoms with E-state index in [4.69, 9.17) is 5.73 Å². The van der Waals surface area contributed by atoms with Crippen molar-refractivity contribution in [3.8, 4) is 5.69 Å². The average molecular weight is 367 g/mol. The molecular formula is C14H11FIN3. The van der Waals surface area contributed by atoms with Gasteiger partial charge in [-0.3, -0.25) is 4.57 Å². The molecule has 0 atom stereocenters. The van der Waals surface area contributed by atoms with Crippen LogP contribution in [-0.2, 0) is 0 Å². The van der Waals surface area contributed by atoms with E-state index in [1.807, 2.05) is 22.8 Å². The predicted octanol–water partition coefficient (Wildman–Crippen LogP) is 3.66. The predicted molar refractivity (Wildman–Crippen MR) is 82.9 cm³/mol. The van der Waals surface area contributed by atoms with Crippen molar-refractivity contribution in [2.75, 3.05) is 5.73 Å². The van der Waals surface area contributed by atoms with Gasteiger partial charge >= 0.3 is 0 Å². The lowest BCUT2D eigenvalue weighted by Crippen LogP contribution is -2.01. The SMILES string of the molecule is Cc1cc(-n2c(N)nc3cc(I)ccc32)ccc1F. The topological polar surface area (TPSA) is 43.8 Å². The summed E-state index contributed by atoms with van der Waals surface area (Å²) in [5.74, 6) is 0.185. The molecule has 5 heteroatoms. The molecule has 19 heavy (non-hydrogen) atoms. The van der Waals surface area contributed by atoms with Crippen LogP contribution >= 0.6 is 22.6 Å². The summed E-state index contributed by atoms with van der Waals surface area (Å²) in [4.78, 5) is 4.34. The Balaban J connectivity index is 2.29. The van der Waals surface area contributed by atoms with E-state index in [1.54, 1.807) is 19.1 Å². The molecule has 0 amide bonds. The van der Waals surface area contributed by atoms with E-state index in [1.165, 1.54) is 6.07 Å². The van der Waals surface area contributed by atoms with Crippen molar-refractivity contribution >= 4 is 39.6 Å². The number of rotatable bonds is 1. The van der Waals surface area contributed by atoms with Gasteiger partial charge in [0.25, 0.3) is 0 Å². The number of aryl methyl sites for hydroxylation is 1. The summed E-state index contributed by atoms with van der Waals surface area (Å²) < 4.78 is 16.3. The van der Waals surface area contributed by atoms with Crippen molar-refractivity contribution in [2.45, 2.75) is 6.92 Å². The van der Waals surface area contributed by atoms with Gasteiger partial charge in [0.2, 0.25) is 5.95 Å². The van der Waals surface area contributed by atoms with E-state index in [-0.39, 0.29) is 5.82 Å². The quantitative estimate of drug-likeness (QED) is 0.668. The van der Waals surface area contributed by atoms with E-state index >= 15 is 0 Å². The smallest absolute Gasteiger partial charge is 0.205 e. The Labute approximate surface area is 123 Å². The van der Waals surface area contributed by atoms with Crippen LogP contribution in [0.15, 0.2) is 36.4 Å². The van der Waals surface area contributed by atoms with Crippen LogP contribution in [0.1, 0.15) is 5.56 Å². The van der Waals surface area contributed by atoms with Crippen LogP contribution in [0, 0.1) is 16.3 Å². The molecule has 0 spiro atoms. The second-order valence-corrected chi connectivity index (χ2v) is 5.62. The monoisotopic (exact) mass is 367 g/mol. The summed E-state index contributed by atoms with van der Waals surface area (Å²) in [5, 5.41) is 0. The second-order valence-electron chi connectivity index (χ2n) is 4.37. The van der Waals surface area contributed by atoms with Crippen molar-refractivity contribution < 1.29 is 4.39 Å². The van der Waals surface area contributed by atoms with Crippen LogP contribution in [0.2, 0.25) is 0 Å². The van der Waals surface area contributed by atoms with E-state index in [9.17, 15) is 4.39 Å². The van der Waals surface area contributed by atoms with Gasteiger partial charge in [0.1, 0.15) is 5.82 Å². The highest BCUT2D eigenvalue weighted by Crippen LogP contribution is 2.25. The molecule has 0 bridgehead atoms. The first-order valence-corrected chi connectivity index (χ1v) is 6.84. The van der Waals surface area contributed by atoms with Crippen molar-refractivity contribution in [2.24, 2.45) is 0 Å². The van der Waals surface area contributed by atoms with Crippen molar-refractivity contribution in [1.29, 1.82) is 0 Å². The highest BCUT2D eigenvalue weighted by molar-refractivity contribution is 14.1. The summed E-state index contributed by atoms with van der Waals surface area (Å²) >= 11 is 2.23. The van der Waals surface area contributed by atoms with E-state index in [2.05, 4.69) is 27.6 Å². The van der Waals surface area contributed by atoms with Gasteiger partial charge in [-0.05, 0) is 71.5 Å². The lowest BCUT2D eigenvalue weighted by molar-refractivity contribution is 0.618. The molecule has 0 aliphatic carbocycles. The van der Waals surface area contributed by atoms with E-state index in [0.29, 0.717) is 11.5 Å². The van der Waals surface area contributed by atoms with Crippen LogP contribution < -0.4 is 5.73 Å². The number of imidazole rings is 1. The molecule has 0 fully saturated rings. The zero-order chi connectivity index (χ0) is 13.6. The van der Waals surface area contributed by atoms with Gasteiger partial charge in [-0.1, -0.05) is 0 Å². The number of anilines is 1. The van der Waals surface area contributed by atoms with Gasteiger partial charge in [0, 0.05) is 9.26 Å². The Morgan fingerprint density at radius 1 is 1.21 bits per heavy atom. The second kappa shape index (κ2) is 4.48. The molecule has 96 valence electrons. The van der Waals surface area contributed by atoms with Gasteiger partial charge in [-0.15, -0.1) is 0 Å². The lowest BCUT2D eigenvalue weighted by Gasteiger charge is -2.08. The number of nitrogens with two attached hydrogens (primary N) is 1. The number of nitrogens with zero attached hydrogens (tertiary/aromatic N) is 2. The molecule has 0 radical (unpaired) electrons. The summed E-state index contributed by atoms with van der Waals surface area (Å²) in [5.41, 5.74) is 9.15. The molecular weight excluding hydrogens is 356 g/mol. The van der Waals surface area contributed by atoms with Crippen LogP contribution in [0.3, 0.4) is 0 Å². The van der Waals surface area contributed by atoms with Gasteiger partial charge in [0.15, 0.2) is 0 Å². The van der Waals surface area contributed by atoms with Gasteiger partial charge in [0.05, 0.1) is 11.0 Å². The third-order valence-electron chi connectivity index (χ3n) is 3.04. The number of aromatic nitrogens is 2. The molecule has 0 aliphatic rings. The normalized spacial score (nSPS) is 11.1. The maximum absolute atomic E-state index is 13.4. The Hall–Kier alpha value is -1.63. The summed E-state index contributed by atoms with van der Waals surface area (Å²) in [6.07, 6.45) is 0. The van der Waals surface area contributed by atoms with Crippen molar-refractivity contribution in [3.05, 3.63) is 51.3 Å². The fourth-order valence-electron chi connectivity index (χ4n) is 2.11. The molecule has 3 aromatic rings. The number of hydrogen-bond donors (Lipinski definition) is 1. The Morgan fingerprint density at radius 3 is 2.74 bits per heavy atom. The van der Waals surface area contributed by atoms with Crippen LogP contribution in [-0.4, -0.2) is 9.55 Å². The molecule has 0 aliphatic heterocycles. The van der Waals surface area contributed by atoms with E-state index < -0.39 is 0 Å². The number of fused-ring (bicyclic) bond motifs is 1. The number of hydrogen-bond acceptors (Lipinski definition) is 2. The van der Waals surface area contributed by atoms with Gasteiger partial charge in [-0.2, -0.15) is 0 Å². The summed E-state index contributed by atoms with van der Waals surface area (Å²) in [7, 11) is 0. The number of benzene rings is 2. The zero-order valence-corrected chi connectivity index (χ0v) is 12.3. The first-order chi connectivity index (χ1) is 9.06. The fraction of sp³-hybridized carbons (Fsp3) is 0.0714. The fourth-order valence-corrected chi connectivity index (χ4v) is 2.59. The molecule has 0 unspecified atom stereocenters. The first kappa shape index (κ1) is 12.4. The third-order valence-corrected chi connectivity index (χ3v) is 3.71.